The standard InChI is InChI=1S/C38H38O14/c1-44-25-17-26(45-2)34(47-4)30-29(25)32(46-3)23(31(41)35(30)48-5)15-21(39)16-24(40)22-13-20-14-27(37(42)50-7)52-38(43)28(20)36(49-6)33(22)51-18-19-11-9-8-10-12-19/h8-14,17,24,40-41H,15-16,18H2,1-7H3. The fraction of sp³-hybridized carbons (Fsp3) is 0.289. The van der Waals surface area contributed by atoms with Crippen molar-refractivity contribution in [1.29, 1.82) is 0 Å². The van der Waals surface area contributed by atoms with Crippen LogP contribution in [0.15, 0.2) is 57.7 Å². The number of aromatic hydroxyl groups is 1. The number of aliphatic hydroxyl groups excluding tert-OH is 1. The molecular weight excluding hydrogens is 680 g/mol. The maximum absolute atomic E-state index is 13.8. The highest BCUT2D eigenvalue weighted by Gasteiger charge is 2.31. The van der Waals surface area contributed by atoms with Gasteiger partial charge < -0.3 is 52.5 Å². The number of ketones is 1. The van der Waals surface area contributed by atoms with Gasteiger partial charge in [0.15, 0.2) is 34.5 Å². The van der Waals surface area contributed by atoms with Crippen LogP contribution in [0.1, 0.15) is 39.8 Å². The van der Waals surface area contributed by atoms with Crippen molar-refractivity contribution in [3.8, 4) is 46.0 Å². The molecule has 0 aliphatic heterocycles. The second-order valence-corrected chi connectivity index (χ2v) is 11.3. The van der Waals surface area contributed by atoms with E-state index < -0.39 is 42.1 Å². The molecular formula is C38H38O14. The topological polar surface area (TPSA) is 179 Å². The highest BCUT2D eigenvalue weighted by Crippen LogP contribution is 2.55. The number of benzene rings is 4. The number of carbonyl (C=O) groups excluding carboxylic acids is 2. The summed E-state index contributed by atoms with van der Waals surface area (Å²) in [5, 5.41) is 23.9. The minimum Gasteiger partial charge on any atom is -0.504 e. The van der Waals surface area contributed by atoms with Crippen LogP contribution in [0, 0.1) is 0 Å². The number of Topliss-reactive ketones (excluding diaryl/α,β-unsaturated/α-hetero) is 1. The van der Waals surface area contributed by atoms with E-state index in [9.17, 15) is 24.6 Å². The normalized spacial score (nSPS) is 11.5. The molecule has 5 rings (SSSR count). The van der Waals surface area contributed by atoms with Crippen LogP contribution >= 0.6 is 0 Å². The first-order chi connectivity index (χ1) is 25.1. The Morgan fingerprint density at radius 1 is 0.731 bits per heavy atom. The monoisotopic (exact) mass is 718 g/mol. The Morgan fingerprint density at radius 3 is 1.98 bits per heavy atom. The number of fused-ring (bicyclic) bond motifs is 2. The van der Waals surface area contributed by atoms with Crippen LogP contribution in [-0.4, -0.2) is 71.7 Å². The van der Waals surface area contributed by atoms with Crippen molar-refractivity contribution >= 4 is 33.3 Å². The Bertz CT molecular complexity index is 2190. The summed E-state index contributed by atoms with van der Waals surface area (Å²) >= 11 is 0. The number of phenols is 1. The Labute approximate surface area is 297 Å². The molecule has 274 valence electrons. The Hall–Kier alpha value is -6.15. The fourth-order valence-electron chi connectivity index (χ4n) is 6.12. The van der Waals surface area contributed by atoms with E-state index in [1.165, 1.54) is 54.8 Å². The van der Waals surface area contributed by atoms with Gasteiger partial charge in [-0.1, -0.05) is 30.3 Å². The van der Waals surface area contributed by atoms with Gasteiger partial charge in [-0.3, -0.25) is 4.79 Å². The first kappa shape index (κ1) is 37.1. The van der Waals surface area contributed by atoms with Gasteiger partial charge in [0, 0.05) is 30.0 Å². The molecule has 14 nitrogen and oxygen atoms in total. The number of esters is 1. The van der Waals surface area contributed by atoms with Gasteiger partial charge in [0.1, 0.15) is 29.3 Å². The summed E-state index contributed by atoms with van der Waals surface area (Å²) in [5.74, 6) is -1.40. The Balaban J connectivity index is 1.61. The van der Waals surface area contributed by atoms with Crippen molar-refractivity contribution in [2.24, 2.45) is 0 Å². The molecule has 0 fully saturated rings. The largest absolute Gasteiger partial charge is 0.504 e. The molecule has 14 heteroatoms. The van der Waals surface area contributed by atoms with E-state index in [1.807, 2.05) is 30.3 Å². The van der Waals surface area contributed by atoms with Gasteiger partial charge >= 0.3 is 11.6 Å². The minimum atomic E-state index is -1.53. The molecule has 0 aliphatic rings. The van der Waals surface area contributed by atoms with Crippen molar-refractivity contribution < 1.29 is 62.1 Å². The number of carbonyl (C=O) groups is 2. The second kappa shape index (κ2) is 15.8. The molecule has 5 aromatic rings. The Morgan fingerprint density at radius 2 is 1.38 bits per heavy atom. The number of aliphatic hydroxyl groups is 1. The molecule has 1 unspecified atom stereocenters. The van der Waals surface area contributed by atoms with E-state index in [4.69, 9.17) is 42.3 Å². The van der Waals surface area contributed by atoms with E-state index >= 15 is 0 Å². The molecule has 1 heterocycles. The van der Waals surface area contributed by atoms with E-state index in [0.717, 1.165) is 12.7 Å². The quantitative estimate of drug-likeness (QED) is 0.133. The van der Waals surface area contributed by atoms with Crippen LogP contribution in [0.5, 0.6) is 46.0 Å². The predicted molar refractivity (Wildman–Crippen MR) is 188 cm³/mol. The van der Waals surface area contributed by atoms with Gasteiger partial charge in [-0.25, -0.2) is 9.59 Å². The van der Waals surface area contributed by atoms with Gasteiger partial charge in [0.2, 0.25) is 5.76 Å². The molecule has 0 amide bonds. The molecule has 0 spiro atoms. The summed E-state index contributed by atoms with van der Waals surface area (Å²) in [6, 6.07) is 13.4. The van der Waals surface area contributed by atoms with Crippen LogP contribution in [0.2, 0.25) is 0 Å². The zero-order valence-corrected chi connectivity index (χ0v) is 29.6. The summed E-state index contributed by atoms with van der Waals surface area (Å²) in [7, 11) is 9.47. The zero-order valence-electron chi connectivity index (χ0n) is 29.6. The highest BCUT2D eigenvalue weighted by molar-refractivity contribution is 6.07. The summed E-state index contributed by atoms with van der Waals surface area (Å²) in [6.07, 6.45) is -2.44. The third-order valence-electron chi connectivity index (χ3n) is 8.45. The van der Waals surface area contributed by atoms with Gasteiger partial charge in [0.25, 0.3) is 0 Å². The lowest BCUT2D eigenvalue weighted by Gasteiger charge is -2.22. The first-order valence-electron chi connectivity index (χ1n) is 15.8. The smallest absolute Gasteiger partial charge is 0.374 e. The third-order valence-corrected chi connectivity index (χ3v) is 8.45. The maximum Gasteiger partial charge on any atom is 0.374 e. The van der Waals surface area contributed by atoms with Crippen molar-refractivity contribution in [1.82, 2.24) is 0 Å². The van der Waals surface area contributed by atoms with Gasteiger partial charge in [-0.2, -0.15) is 0 Å². The average molecular weight is 719 g/mol. The second-order valence-electron chi connectivity index (χ2n) is 11.3. The summed E-state index contributed by atoms with van der Waals surface area (Å²) < 4.78 is 49.8. The van der Waals surface area contributed by atoms with Gasteiger partial charge in [-0.05, 0) is 23.1 Å². The molecule has 52 heavy (non-hydrogen) atoms. The molecule has 0 bridgehead atoms. The van der Waals surface area contributed by atoms with Gasteiger partial charge in [0.05, 0.1) is 66.6 Å². The maximum atomic E-state index is 13.8. The molecule has 2 N–H and O–H groups in total. The summed E-state index contributed by atoms with van der Waals surface area (Å²) in [5.41, 5.74) is 0.00744. The van der Waals surface area contributed by atoms with Crippen LogP contribution in [-0.2, 0) is 22.6 Å². The summed E-state index contributed by atoms with van der Waals surface area (Å²) in [6.45, 7) is 0.0139. The molecule has 0 aliphatic carbocycles. The molecule has 4 aromatic carbocycles. The molecule has 1 aromatic heterocycles. The van der Waals surface area contributed by atoms with E-state index in [-0.39, 0.29) is 74.1 Å². The first-order valence-corrected chi connectivity index (χ1v) is 15.8. The SMILES string of the molecule is COC(=O)c1cc2cc(C(O)CC(=O)Cc3c(O)c(OC)c4c(OC)c(OC)cc(OC)c4c3OC)c(OCc3ccccc3)c(OC)c2c(=O)o1. The minimum absolute atomic E-state index is 0.0139. The van der Waals surface area contributed by atoms with Crippen molar-refractivity contribution in [2.75, 3.05) is 49.8 Å². The average Bonchev–Trinajstić information content (AvgIpc) is 3.16. The molecule has 0 saturated carbocycles. The van der Waals surface area contributed by atoms with Crippen LogP contribution in [0.4, 0.5) is 0 Å². The van der Waals surface area contributed by atoms with Crippen molar-refractivity contribution in [3.63, 3.8) is 0 Å². The molecule has 0 saturated heterocycles. The van der Waals surface area contributed by atoms with E-state index in [1.54, 1.807) is 6.07 Å². The lowest BCUT2D eigenvalue weighted by molar-refractivity contribution is -0.120. The van der Waals surface area contributed by atoms with E-state index in [2.05, 4.69) is 0 Å². The highest BCUT2D eigenvalue weighted by atomic mass is 16.5. The predicted octanol–water partition coefficient (Wildman–Crippen LogP) is 5.30. The van der Waals surface area contributed by atoms with Crippen molar-refractivity contribution in [3.05, 3.63) is 81.4 Å². The molecule has 1 atom stereocenters. The van der Waals surface area contributed by atoms with Crippen LogP contribution < -0.4 is 38.8 Å². The fourth-order valence-corrected chi connectivity index (χ4v) is 6.12. The number of ether oxygens (including phenoxy) is 8. The van der Waals surface area contributed by atoms with E-state index in [0.29, 0.717) is 11.1 Å². The number of hydrogen-bond acceptors (Lipinski definition) is 14. The van der Waals surface area contributed by atoms with Crippen LogP contribution in [0.3, 0.4) is 0 Å². The number of rotatable bonds is 15. The summed E-state index contributed by atoms with van der Waals surface area (Å²) in [4.78, 5) is 39.3. The zero-order chi connectivity index (χ0) is 37.7. The lowest BCUT2D eigenvalue weighted by atomic mass is 9.94. The number of methoxy groups -OCH3 is 7. The van der Waals surface area contributed by atoms with Crippen LogP contribution in [0.25, 0.3) is 21.5 Å². The van der Waals surface area contributed by atoms with Gasteiger partial charge in [-0.15, -0.1) is 0 Å². The Kier molecular flexibility index (Phi) is 11.3. The van der Waals surface area contributed by atoms with Crippen molar-refractivity contribution in [2.45, 2.75) is 25.6 Å². The molecule has 0 radical (unpaired) electrons. The number of phenolic OH excluding ortho intramolecular Hbond substituents is 1. The third kappa shape index (κ3) is 6.80. The lowest BCUT2D eigenvalue weighted by Crippen LogP contribution is -2.14. The number of hydrogen-bond donors (Lipinski definition) is 2.